The summed E-state index contributed by atoms with van der Waals surface area (Å²) < 4.78 is 14.3. The zero-order valence-corrected chi connectivity index (χ0v) is 25.1. The Morgan fingerprint density at radius 2 is 1.78 bits per heavy atom. The first kappa shape index (κ1) is 28.5. The van der Waals surface area contributed by atoms with Crippen LogP contribution in [0.3, 0.4) is 0 Å². The van der Waals surface area contributed by atoms with Gasteiger partial charge in [-0.2, -0.15) is 0 Å². The van der Waals surface area contributed by atoms with Gasteiger partial charge >= 0.3 is 5.69 Å². The van der Waals surface area contributed by atoms with Gasteiger partial charge in [0.25, 0.3) is 11.8 Å². The molecule has 0 saturated heterocycles. The van der Waals surface area contributed by atoms with Crippen molar-refractivity contribution >= 4 is 39.3 Å². The molecular formula is C30H28BrClN4O5. The van der Waals surface area contributed by atoms with Gasteiger partial charge in [-0.3, -0.25) is 18.7 Å². The molecule has 0 bridgehead atoms. The molecule has 11 heteroatoms. The number of imidazole rings is 1. The van der Waals surface area contributed by atoms with Gasteiger partial charge in [0.2, 0.25) is 0 Å². The van der Waals surface area contributed by atoms with Crippen LogP contribution in [0.2, 0.25) is 5.02 Å². The van der Waals surface area contributed by atoms with Gasteiger partial charge < -0.3 is 19.7 Å². The van der Waals surface area contributed by atoms with Crippen LogP contribution in [-0.2, 0) is 19.6 Å². The number of carbonyl (C=O) groups is 2. The number of carbonyl (C=O) groups excluding carboxylic acids is 2. The zero-order valence-electron chi connectivity index (χ0n) is 22.7. The van der Waals surface area contributed by atoms with E-state index in [0.29, 0.717) is 38.7 Å². The van der Waals surface area contributed by atoms with Crippen molar-refractivity contribution in [3.63, 3.8) is 0 Å². The largest absolute Gasteiger partial charge is 0.497 e. The van der Waals surface area contributed by atoms with Gasteiger partial charge in [-0.25, -0.2) is 4.79 Å². The summed E-state index contributed by atoms with van der Waals surface area (Å²) in [5, 5.41) is 3.39. The monoisotopic (exact) mass is 638 g/mol. The third-order valence-corrected chi connectivity index (χ3v) is 8.47. The van der Waals surface area contributed by atoms with Crippen LogP contribution in [0.1, 0.15) is 37.7 Å². The summed E-state index contributed by atoms with van der Waals surface area (Å²) in [4.78, 5) is 42.6. The number of aromatic nitrogens is 2. The molecule has 3 aromatic carbocycles. The average Bonchev–Trinajstić information content (AvgIpc) is 3.29. The summed E-state index contributed by atoms with van der Waals surface area (Å²) in [7, 11) is 3.16. The van der Waals surface area contributed by atoms with Crippen molar-refractivity contribution in [2.75, 3.05) is 20.8 Å². The van der Waals surface area contributed by atoms with E-state index in [9.17, 15) is 14.4 Å². The molecule has 0 aliphatic carbocycles. The molecule has 4 aromatic rings. The number of fused-ring (bicyclic) bond motifs is 1. The molecule has 0 radical (unpaired) electrons. The number of amides is 2. The Hall–Kier alpha value is -4.02. The summed E-state index contributed by atoms with van der Waals surface area (Å²) in [5.74, 6) is 0.661. The van der Waals surface area contributed by atoms with Crippen molar-refractivity contribution in [3.8, 4) is 17.2 Å². The van der Waals surface area contributed by atoms with E-state index in [0.717, 1.165) is 16.9 Å². The fourth-order valence-electron chi connectivity index (χ4n) is 4.98. The Balaban J connectivity index is 1.53. The number of hydrogen-bond donors (Lipinski definition) is 1. The molecule has 1 N–H and O–H groups in total. The lowest BCUT2D eigenvalue weighted by Crippen LogP contribution is -2.41. The van der Waals surface area contributed by atoms with E-state index >= 15 is 0 Å². The highest BCUT2D eigenvalue weighted by molar-refractivity contribution is 9.10. The molecule has 1 aliphatic heterocycles. The number of rotatable bonds is 7. The predicted octanol–water partition coefficient (Wildman–Crippen LogP) is 4.97. The third-order valence-electron chi connectivity index (χ3n) is 7.23. The van der Waals surface area contributed by atoms with Crippen molar-refractivity contribution in [2.45, 2.75) is 26.6 Å². The third kappa shape index (κ3) is 5.49. The van der Waals surface area contributed by atoms with Crippen molar-refractivity contribution in [1.29, 1.82) is 0 Å². The number of hydrogen-bond acceptors (Lipinski definition) is 5. The fraction of sp³-hybridized carbons (Fsp3) is 0.233. The highest BCUT2D eigenvalue weighted by Gasteiger charge is 2.32. The van der Waals surface area contributed by atoms with Crippen LogP contribution in [0.15, 0.2) is 69.9 Å². The van der Waals surface area contributed by atoms with Gasteiger partial charge in [-0.05, 0) is 82.5 Å². The van der Waals surface area contributed by atoms with Crippen LogP contribution in [0.25, 0.3) is 5.69 Å². The molecule has 1 aromatic heterocycles. The van der Waals surface area contributed by atoms with Gasteiger partial charge in [-0.1, -0.05) is 23.7 Å². The maximum absolute atomic E-state index is 13.8. The summed E-state index contributed by atoms with van der Waals surface area (Å²) in [6.07, 6.45) is 0. The van der Waals surface area contributed by atoms with E-state index in [1.165, 1.54) is 4.57 Å². The lowest BCUT2D eigenvalue weighted by molar-refractivity contribution is 0.0706. The number of benzene rings is 3. The quantitative estimate of drug-likeness (QED) is 0.308. The molecule has 1 aliphatic rings. The number of nitrogens with one attached hydrogen (secondary N) is 1. The Morgan fingerprint density at radius 3 is 2.46 bits per heavy atom. The van der Waals surface area contributed by atoms with Gasteiger partial charge in [-0.15, -0.1) is 0 Å². The Morgan fingerprint density at radius 1 is 1.02 bits per heavy atom. The number of halogens is 2. The van der Waals surface area contributed by atoms with Gasteiger partial charge in [0, 0.05) is 29.7 Å². The van der Waals surface area contributed by atoms with Gasteiger partial charge in [0.05, 0.1) is 37.2 Å². The molecule has 2 heterocycles. The van der Waals surface area contributed by atoms with Crippen LogP contribution in [0.4, 0.5) is 0 Å². The van der Waals surface area contributed by atoms with E-state index in [1.807, 2.05) is 25.1 Å². The number of methoxy groups -OCH3 is 2. The summed E-state index contributed by atoms with van der Waals surface area (Å²) in [6.45, 7) is 2.76. The summed E-state index contributed by atoms with van der Waals surface area (Å²) >= 11 is 9.59. The minimum atomic E-state index is -0.435. The highest BCUT2D eigenvalue weighted by Crippen LogP contribution is 2.27. The lowest BCUT2D eigenvalue weighted by Gasteiger charge is -2.28. The van der Waals surface area contributed by atoms with Gasteiger partial charge in [0.15, 0.2) is 0 Å². The van der Waals surface area contributed by atoms with Crippen LogP contribution in [0, 0.1) is 6.92 Å². The molecular weight excluding hydrogens is 612 g/mol. The molecule has 0 atom stereocenters. The standard InChI is InChI=1S/C30H28BrClN4O5/c1-18-20(5-4-6-26(18)41-3)16-33-28(37)27-25-17-34(29(38)19-7-12-23(31)24(32)15-19)13-14-35(25)30(39)36(27)21-8-10-22(40-2)11-9-21/h4-12,15H,13-14,16-17H2,1-3H3,(H,33,37). The predicted molar refractivity (Wildman–Crippen MR) is 159 cm³/mol. The molecule has 212 valence electrons. The van der Waals surface area contributed by atoms with Crippen LogP contribution >= 0.6 is 27.5 Å². The Bertz CT molecular complexity index is 1700. The van der Waals surface area contributed by atoms with Crippen molar-refractivity contribution in [3.05, 3.63) is 109 Å². The second-order valence-corrected chi connectivity index (χ2v) is 10.8. The van der Waals surface area contributed by atoms with Crippen molar-refractivity contribution in [1.82, 2.24) is 19.4 Å². The topological polar surface area (TPSA) is 94.8 Å². The fourth-order valence-corrected chi connectivity index (χ4v) is 5.41. The van der Waals surface area contributed by atoms with E-state index in [2.05, 4.69) is 21.2 Å². The summed E-state index contributed by atoms with van der Waals surface area (Å²) in [6, 6.07) is 17.5. The SMILES string of the molecule is COc1ccc(-n2c(C(=O)NCc3cccc(OC)c3C)c3n(c2=O)CCN(C(=O)c2ccc(Br)c(Cl)c2)C3)cc1. The highest BCUT2D eigenvalue weighted by atomic mass is 79.9. The maximum atomic E-state index is 13.8. The lowest BCUT2D eigenvalue weighted by atomic mass is 10.1. The molecule has 2 amide bonds. The molecule has 41 heavy (non-hydrogen) atoms. The molecule has 9 nitrogen and oxygen atoms in total. The molecule has 0 saturated carbocycles. The second kappa shape index (κ2) is 11.8. The van der Waals surface area contributed by atoms with E-state index in [1.54, 1.807) is 66.2 Å². The Kier molecular flexibility index (Phi) is 8.23. The number of nitrogens with zero attached hydrogens (tertiary/aromatic N) is 3. The first-order valence-electron chi connectivity index (χ1n) is 12.9. The van der Waals surface area contributed by atoms with Crippen molar-refractivity contribution in [2.24, 2.45) is 0 Å². The Labute approximate surface area is 250 Å². The first-order valence-corrected chi connectivity index (χ1v) is 14.0. The van der Waals surface area contributed by atoms with E-state index in [-0.39, 0.29) is 36.9 Å². The van der Waals surface area contributed by atoms with Crippen LogP contribution in [0.5, 0.6) is 11.5 Å². The van der Waals surface area contributed by atoms with Crippen molar-refractivity contribution < 1.29 is 19.1 Å². The molecule has 5 rings (SSSR count). The minimum Gasteiger partial charge on any atom is -0.497 e. The summed E-state index contributed by atoms with van der Waals surface area (Å²) in [5.41, 5.74) is 2.99. The second-order valence-electron chi connectivity index (χ2n) is 9.55. The first-order chi connectivity index (χ1) is 19.7. The normalized spacial score (nSPS) is 12.6. The molecule has 0 spiro atoms. The average molecular weight is 640 g/mol. The zero-order chi connectivity index (χ0) is 29.3. The van der Waals surface area contributed by atoms with E-state index in [4.69, 9.17) is 21.1 Å². The smallest absolute Gasteiger partial charge is 0.333 e. The minimum absolute atomic E-state index is 0.0752. The van der Waals surface area contributed by atoms with Gasteiger partial charge in [0.1, 0.15) is 17.2 Å². The number of ether oxygens (including phenoxy) is 2. The molecule has 0 unspecified atom stereocenters. The van der Waals surface area contributed by atoms with E-state index < -0.39 is 5.91 Å². The van der Waals surface area contributed by atoms with Crippen LogP contribution in [-0.4, -0.2) is 46.6 Å². The maximum Gasteiger partial charge on any atom is 0.333 e. The van der Waals surface area contributed by atoms with Crippen LogP contribution < -0.4 is 20.5 Å². The molecule has 0 fully saturated rings.